The van der Waals surface area contributed by atoms with Crippen molar-refractivity contribution < 1.29 is 28.4 Å². The number of hydrogen-bond donors (Lipinski definition) is 2. The summed E-state index contributed by atoms with van der Waals surface area (Å²) in [6.45, 7) is 12.4. The van der Waals surface area contributed by atoms with Crippen molar-refractivity contribution in [3.63, 3.8) is 0 Å². The summed E-state index contributed by atoms with van der Waals surface area (Å²) in [6, 6.07) is 17.0. The van der Waals surface area contributed by atoms with E-state index in [2.05, 4.69) is 50.9 Å². The van der Waals surface area contributed by atoms with Crippen LogP contribution >= 0.6 is 11.8 Å². The van der Waals surface area contributed by atoms with Gasteiger partial charge < -0.3 is 24.0 Å². The molecule has 3 aromatic rings. The van der Waals surface area contributed by atoms with Gasteiger partial charge in [-0.25, -0.2) is 0 Å². The Hall–Kier alpha value is -2.95. The molecule has 43 heavy (non-hydrogen) atoms. The minimum absolute atomic E-state index is 0.0118. The number of carbonyl (C=O) groups is 1. The molecule has 0 saturated heterocycles. The van der Waals surface area contributed by atoms with Gasteiger partial charge in [-0.15, -0.1) is 11.8 Å². The standard InChI is InChI=1S/C34H43N2O5SSi/c1-6-40-43(4,5)21-11-20-42-33-24(22-30-34(2,3)26-12-7-8-13-27(26)35(30)16-18-37)32(39)25(33)23-31-36(17-19-38)28-14-9-10-15-29(28)41-31/h7-10,12-15,22-23,37-38H,6,11,16-21H2,1-5H3/q+1. The van der Waals surface area contributed by atoms with Gasteiger partial charge in [-0.05, 0) is 62.0 Å². The number of nitrogens with zero attached hydrogens (tertiary/aromatic N) is 2. The van der Waals surface area contributed by atoms with Gasteiger partial charge >= 0.3 is 5.89 Å². The Bertz CT molecular complexity index is 1600. The van der Waals surface area contributed by atoms with Crippen molar-refractivity contribution in [1.29, 1.82) is 0 Å². The van der Waals surface area contributed by atoms with Gasteiger partial charge in [0.25, 0.3) is 5.52 Å². The summed E-state index contributed by atoms with van der Waals surface area (Å²) in [5.74, 6) is 1.39. The van der Waals surface area contributed by atoms with Crippen LogP contribution < -0.4 is 9.47 Å². The van der Waals surface area contributed by atoms with Crippen LogP contribution in [0.2, 0.25) is 19.1 Å². The van der Waals surface area contributed by atoms with E-state index in [1.807, 2.05) is 53.1 Å². The zero-order valence-electron chi connectivity index (χ0n) is 25.9. The maximum absolute atomic E-state index is 13.9. The number of aliphatic hydroxyl groups is 2. The molecule has 0 spiro atoms. The normalized spacial score (nSPS) is 18.3. The zero-order valence-corrected chi connectivity index (χ0v) is 27.7. The van der Waals surface area contributed by atoms with Crippen LogP contribution in [0.15, 0.2) is 80.8 Å². The van der Waals surface area contributed by atoms with Crippen molar-refractivity contribution in [3.05, 3.63) is 87.8 Å². The molecule has 7 nitrogen and oxygen atoms in total. The number of benzene rings is 2. The van der Waals surface area contributed by atoms with Crippen LogP contribution in [0.1, 0.15) is 38.6 Å². The number of β-amino-alcohol motifs (C(OH)–C–C–N with tert-alkyl or cyclic N) is 1. The zero-order chi connectivity index (χ0) is 30.8. The van der Waals surface area contributed by atoms with Crippen molar-refractivity contribution in [2.45, 2.75) is 58.3 Å². The molecule has 0 amide bonds. The number of allylic oxidation sites excluding steroid dienone is 4. The van der Waals surface area contributed by atoms with E-state index in [1.165, 1.54) is 5.56 Å². The molecule has 9 heteroatoms. The molecule has 0 radical (unpaired) electrons. The van der Waals surface area contributed by atoms with E-state index in [-0.39, 0.29) is 24.4 Å². The highest BCUT2D eigenvalue weighted by molar-refractivity contribution is 8.03. The monoisotopic (exact) mass is 619 g/mol. The Balaban J connectivity index is 1.55. The number of aliphatic hydroxyl groups excluding tert-OH is 2. The summed E-state index contributed by atoms with van der Waals surface area (Å²) >= 11 is 1.71. The van der Waals surface area contributed by atoms with Crippen LogP contribution in [-0.2, 0) is 21.2 Å². The number of ketones is 1. The summed E-state index contributed by atoms with van der Waals surface area (Å²) < 4.78 is 14.1. The molecule has 1 aromatic heterocycles. The fourth-order valence-electron chi connectivity index (χ4n) is 6.18. The number of fused-ring (bicyclic) bond motifs is 2. The van der Waals surface area contributed by atoms with E-state index < -0.39 is 8.32 Å². The molecule has 0 unspecified atom stereocenters. The number of oxazole rings is 1. The van der Waals surface area contributed by atoms with Crippen LogP contribution in [0.3, 0.4) is 0 Å². The fourth-order valence-corrected chi connectivity index (χ4v) is 9.50. The van der Waals surface area contributed by atoms with Gasteiger partial charge in [0.15, 0.2) is 20.6 Å². The highest BCUT2D eigenvalue weighted by Gasteiger charge is 2.42. The van der Waals surface area contributed by atoms with Crippen molar-refractivity contribution in [2.24, 2.45) is 0 Å². The Labute approximate surface area is 259 Å². The number of aromatic nitrogens is 1. The van der Waals surface area contributed by atoms with Gasteiger partial charge in [-0.1, -0.05) is 44.2 Å². The molecule has 0 bridgehead atoms. The van der Waals surface area contributed by atoms with E-state index in [0.29, 0.717) is 35.7 Å². The van der Waals surface area contributed by atoms with Crippen LogP contribution in [0.4, 0.5) is 5.69 Å². The highest BCUT2D eigenvalue weighted by Crippen LogP contribution is 2.50. The van der Waals surface area contributed by atoms with Crippen molar-refractivity contribution >= 4 is 48.7 Å². The number of Topliss-reactive ketones (excluding diaryl/α,β-unsaturated/α-hetero) is 1. The van der Waals surface area contributed by atoms with Crippen molar-refractivity contribution in [3.8, 4) is 0 Å². The molecule has 2 heterocycles. The van der Waals surface area contributed by atoms with Gasteiger partial charge in [0.1, 0.15) is 6.61 Å². The smallest absolute Gasteiger partial charge is 0.374 e. The van der Waals surface area contributed by atoms with Crippen molar-refractivity contribution in [2.75, 3.05) is 37.0 Å². The van der Waals surface area contributed by atoms with E-state index in [0.717, 1.165) is 46.6 Å². The van der Waals surface area contributed by atoms with Gasteiger partial charge in [0.2, 0.25) is 5.58 Å². The van der Waals surface area contributed by atoms with E-state index >= 15 is 0 Å². The molecule has 2 aliphatic rings. The number of hydrogen-bond acceptors (Lipinski definition) is 7. The molecule has 0 atom stereocenters. The predicted molar refractivity (Wildman–Crippen MR) is 176 cm³/mol. The topological polar surface area (TPSA) is 87.0 Å². The lowest BCUT2D eigenvalue weighted by Gasteiger charge is -2.30. The lowest BCUT2D eigenvalue weighted by molar-refractivity contribution is -0.679. The molecule has 0 fully saturated rings. The van der Waals surface area contributed by atoms with Crippen LogP contribution in [0, 0.1) is 0 Å². The number of thioether (sulfide) groups is 1. The second kappa shape index (κ2) is 13.0. The summed E-state index contributed by atoms with van der Waals surface area (Å²) in [4.78, 5) is 17.0. The SMILES string of the molecule is CCO[Si](C)(C)CCCSC1=C(C=C2N(CCO)c3ccccc3C2(C)C)C(=O)C1=Cc1oc2ccccc2[n+]1CCO. The molecular weight excluding hydrogens is 577 g/mol. The van der Waals surface area contributed by atoms with Crippen molar-refractivity contribution in [1.82, 2.24) is 0 Å². The van der Waals surface area contributed by atoms with E-state index in [1.54, 1.807) is 11.8 Å². The quantitative estimate of drug-likeness (QED) is 0.106. The maximum atomic E-state index is 13.9. The van der Waals surface area contributed by atoms with Crippen LogP contribution in [0.25, 0.3) is 17.2 Å². The number of carbonyl (C=O) groups excluding carboxylic acids is 1. The number of rotatable bonds is 13. The Morgan fingerprint density at radius 1 is 1.07 bits per heavy atom. The van der Waals surface area contributed by atoms with Gasteiger partial charge in [0, 0.05) is 52.1 Å². The maximum Gasteiger partial charge on any atom is 0.374 e. The highest BCUT2D eigenvalue weighted by atomic mass is 32.2. The number of anilines is 1. The first-order valence-corrected chi connectivity index (χ1v) is 19.2. The molecule has 1 aliphatic heterocycles. The summed E-state index contributed by atoms with van der Waals surface area (Å²) in [6.07, 6.45) is 4.87. The first-order valence-electron chi connectivity index (χ1n) is 15.1. The first kappa shape index (κ1) is 31.5. The largest absolute Gasteiger partial charge is 0.418 e. The Morgan fingerprint density at radius 2 is 1.81 bits per heavy atom. The van der Waals surface area contributed by atoms with Gasteiger partial charge in [-0.3, -0.25) is 4.79 Å². The average molecular weight is 620 g/mol. The fraction of sp³-hybridized carbons (Fsp3) is 0.412. The predicted octanol–water partition coefficient (Wildman–Crippen LogP) is 5.97. The lowest BCUT2D eigenvalue weighted by Crippen LogP contribution is -2.37. The average Bonchev–Trinajstić information content (AvgIpc) is 3.43. The minimum atomic E-state index is -1.71. The van der Waals surface area contributed by atoms with Gasteiger partial charge in [-0.2, -0.15) is 4.57 Å². The van der Waals surface area contributed by atoms with Crippen LogP contribution in [-0.4, -0.2) is 56.4 Å². The van der Waals surface area contributed by atoms with Crippen LogP contribution in [0.5, 0.6) is 0 Å². The van der Waals surface area contributed by atoms with Gasteiger partial charge in [0.05, 0.1) is 12.7 Å². The summed E-state index contributed by atoms with van der Waals surface area (Å²) in [5, 5.41) is 19.7. The molecule has 5 rings (SSSR count). The summed E-state index contributed by atoms with van der Waals surface area (Å²) in [5.41, 5.74) is 5.85. The molecular formula is C34H43N2O5SSi+. The lowest BCUT2D eigenvalue weighted by atomic mass is 9.81. The minimum Gasteiger partial charge on any atom is -0.418 e. The second-order valence-corrected chi connectivity index (χ2v) is 17.5. The first-order chi connectivity index (χ1) is 20.6. The summed E-state index contributed by atoms with van der Waals surface area (Å²) in [7, 11) is -1.71. The molecule has 0 saturated carbocycles. The third-order valence-electron chi connectivity index (χ3n) is 8.32. The molecule has 2 N–H and O–H groups in total. The molecule has 2 aromatic carbocycles. The second-order valence-electron chi connectivity index (χ2n) is 12.1. The number of para-hydroxylation sites is 3. The van der Waals surface area contributed by atoms with E-state index in [9.17, 15) is 15.0 Å². The Kier molecular flexibility index (Phi) is 9.48. The third-order valence-corrected chi connectivity index (χ3v) is 12.2. The Morgan fingerprint density at radius 3 is 2.56 bits per heavy atom. The third kappa shape index (κ3) is 6.19. The molecule has 228 valence electrons. The molecule has 1 aliphatic carbocycles. The van der Waals surface area contributed by atoms with E-state index in [4.69, 9.17) is 8.84 Å².